The Labute approximate surface area is 71.4 Å². The number of hydrogen-bond donors (Lipinski definition) is 1. The minimum Gasteiger partial charge on any atom is -0.477 e. The zero-order valence-corrected chi connectivity index (χ0v) is 6.94. The Bertz CT molecular complexity index is 311. The number of carboxylic acid groups (broad SMARTS) is 1. The Morgan fingerprint density at radius 3 is 2.42 bits per heavy atom. The van der Waals surface area contributed by atoms with Crippen LogP contribution in [-0.2, 0) is 0 Å². The van der Waals surface area contributed by atoms with Crippen molar-refractivity contribution in [1.29, 1.82) is 0 Å². The van der Waals surface area contributed by atoms with Crippen molar-refractivity contribution in [3.8, 4) is 0 Å². The van der Waals surface area contributed by atoms with Crippen LogP contribution in [0.25, 0.3) is 0 Å². The molecule has 1 N–H and O–H groups in total. The summed E-state index contributed by atoms with van der Waals surface area (Å²) in [6.07, 6.45) is 0. The van der Waals surface area contributed by atoms with Gasteiger partial charge in [-0.1, -0.05) is 0 Å². The highest BCUT2D eigenvalue weighted by molar-refractivity contribution is 7.12. The maximum atomic E-state index is 12.9. The third-order valence-electron chi connectivity index (χ3n) is 1.30. The molecule has 1 aromatic heterocycles. The Morgan fingerprint density at radius 1 is 1.58 bits per heavy atom. The van der Waals surface area contributed by atoms with Crippen LogP contribution < -0.4 is 0 Å². The lowest BCUT2D eigenvalue weighted by Gasteiger charge is -1.89. The predicted octanol–water partition coefficient (Wildman–Crippen LogP) is 1.79. The van der Waals surface area contributed by atoms with Gasteiger partial charge >= 0.3 is 5.97 Å². The van der Waals surface area contributed by atoms with Crippen molar-refractivity contribution >= 4 is 23.1 Å². The van der Waals surface area contributed by atoms with E-state index < -0.39 is 22.4 Å². The largest absolute Gasteiger partial charge is 0.477 e. The Balaban J connectivity index is 3.22. The first-order chi connectivity index (χ1) is 5.54. The Morgan fingerprint density at radius 2 is 2.17 bits per heavy atom. The van der Waals surface area contributed by atoms with Gasteiger partial charge < -0.3 is 5.11 Å². The van der Waals surface area contributed by atoms with Crippen LogP contribution in [0.4, 0.5) is 4.39 Å². The van der Waals surface area contributed by atoms with Crippen molar-refractivity contribution in [1.82, 2.24) is 0 Å². The van der Waals surface area contributed by atoms with E-state index in [0.29, 0.717) is 0 Å². The molecule has 64 valence electrons. The van der Waals surface area contributed by atoms with E-state index in [-0.39, 0.29) is 5.56 Å². The zero-order chi connectivity index (χ0) is 9.30. The molecule has 0 fully saturated rings. The van der Waals surface area contributed by atoms with E-state index in [4.69, 9.17) is 5.11 Å². The highest BCUT2D eigenvalue weighted by Crippen LogP contribution is 2.20. The number of thiophene rings is 1. The smallest absolute Gasteiger partial charge is 0.348 e. The molecule has 0 bridgehead atoms. The van der Waals surface area contributed by atoms with Crippen LogP contribution in [0.1, 0.15) is 27.0 Å². The van der Waals surface area contributed by atoms with Gasteiger partial charge in [-0.15, -0.1) is 11.3 Å². The summed E-state index contributed by atoms with van der Waals surface area (Å²) in [7, 11) is 0. The number of carboxylic acids is 1. The molecule has 0 saturated carbocycles. The van der Waals surface area contributed by atoms with Crippen LogP contribution in [0.15, 0.2) is 5.38 Å². The molecular formula is C7H5FO3S. The van der Waals surface area contributed by atoms with E-state index in [1.54, 1.807) is 0 Å². The molecule has 0 aromatic carbocycles. The molecule has 0 aliphatic carbocycles. The Kier molecular flexibility index (Phi) is 2.23. The van der Waals surface area contributed by atoms with Crippen molar-refractivity contribution in [2.24, 2.45) is 0 Å². The highest BCUT2D eigenvalue weighted by Gasteiger charge is 2.19. The molecule has 0 spiro atoms. The van der Waals surface area contributed by atoms with E-state index >= 15 is 0 Å². The van der Waals surface area contributed by atoms with Crippen LogP contribution in [0.3, 0.4) is 0 Å². The number of ketones is 1. The molecule has 3 nitrogen and oxygen atoms in total. The van der Waals surface area contributed by atoms with Gasteiger partial charge in [-0.2, -0.15) is 0 Å². The lowest BCUT2D eigenvalue weighted by molar-refractivity contribution is 0.0697. The van der Waals surface area contributed by atoms with Gasteiger partial charge in [-0.3, -0.25) is 4.79 Å². The average Bonchev–Trinajstić information content (AvgIpc) is 2.30. The minimum absolute atomic E-state index is 0.155. The number of hydrogen-bond acceptors (Lipinski definition) is 3. The molecule has 0 atom stereocenters. The monoisotopic (exact) mass is 188 g/mol. The number of rotatable bonds is 2. The SMILES string of the molecule is CC(=O)c1csc(C(=O)O)c1F. The van der Waals surface area contributed by atoms with Gasteiger partial charge in [0.25, 0.3) is 0 Å². The first-order valence-corrected chi connectivity index (χ1v) is 3.93. The summed E-state index contributed by atoms with van der Waals surface area (Å²) >= 11 is 0.717. The van der Waals surface area contributed by atoms with Crippen molar-refractivity contribution < 1.29 is 19.1 Å². The van der Waals surface area contributed by atoms with E-state index in [0.717, 1.165) is 11.3 Å². The van der Waals surface area contributed by atoms with Crippen LogP contribution in [0.5, 0.6) is 0 Å². The number of aromatic carboxylic acids is 1. The summed E-state index contributed by atoms with van der Waals surface area (Å²) in [4.78, 5) is 20.6. The first-order valence-electron chi connectivity index (χ1n) is 3.05. The van der Waals surface area contributed by atoms with Crippen LogP contribution in [0, 0.1) is 5.82 Å². The van der Waals surface area contributed by atoms with Crippen LogP contribution >= 0.6 is 11.3 Å². The molecule has 0 aliphatic heterocycles. The van der Waals surface area contributed by atoms with Crippen molar-refractivity contribution in [3.63, 3.8) is 0 Å². The lowest BCUT2D eigenvalue weighted by Crippen LogP contribution is -1.99. The number of Topliss-reactive ketones (excluding diaryl/α,β-unsaturated/α-hetero) is 1. The van der Waals surface area contributed by atoms with Gasteiger partial charge in [-0.05, 0) is 6.92 Å². The van der Waals surface area contributed by atoms with Crippen LogP contribution in [0.2, 0.25) is 0 Å². The summed E-state index contributed by atoms with van der Waals surface area (Å²) < 4.78 is 12.9. The number of carbonyl (C=O) groups excluding carboxylic acids is 1. The van der Waals surface area contributed by atoms with Gasteiger partial charge in [0.15, 0.2) is 11.6 Å². The molecule has 0 unspecified atom stereocenters. The third-order valence-corrected chi connectivity index (χ3v) is 2.25. The molecular weight excluding hydrogens is 183 g/mol. The normalized spacial score (nSPS) is 9.83. The predicted molar refractivity (Wildman–Crippen MR) is 41.2 cm³/mol. The van der Waals surface area contributed by atoms with Gasteiger partial charge in [0.05, 0.1) is 5.56 Å². The van der Waals surface area contributed by atoms with Gasteiger partial charge in [0.1, 0.15) is 4.88 Å². The molecule has 0 amide bonds. The van der Waals surface area contributed by atoms with E-state index in [2.05, 4.69) is 0 Å². The summed E-state index contributed by atoms with van der Waals surface area (Å²) in [6, 6.07) is 0. The summed E-state index contributed by atoms with van der Waals surface area (Å²) in [5.74, 6) is -2.73. The lowest BCUT2D eigenvalue weighted by atomic mass is 10.2. The standard InChI is InChI=1S/C7H5FO3S/c1-3(9)4-2-12-6(5(4)8)7(10)11/h2H,1H3,(H,10,11). The topological polar surface area (TPSA) is 54.4 Å². The van der Waals surface area contributed by atoms with E-state index in [1.807, 2.05) is 0 Å². The Hall–Kier alpha value is -1.23. The summed E-state index contributed by atoms with van der Waals surface area (Å²) in [5, 5.41) is 9.63. The number of carbonyl (C=O) groups is 2. The van der Waals surface area contributed by atoms with E-state index in [1.165, 1.54) is 12.3 Å². The fourth-order valence-electron chi connectivity index (χ4n) is 0.725. The molecule has 5 heteroatoms. The van der Waals surface area contributed by atoms with Crippen molar-refractivity contribution in [2.45, 2.75) is 6.92 Å². The van der Waals surface area contributed by atoms with Crippen molar-refractivity contribution in [2.75, 3.05) is 0 Å². The quantitative estimate of drug-likeness (QED) is 0.720. The third kappa shape index (κ3) is 1.35. The fraction of sp³-hybridized carbons (Fsp3) is 0.143. The second-order valence-corrected chi connectivity index (χ2v) is 3.03. The van der Waals surface area contributed by atoms with E-state index in [9.17, 15) is 14.0 Å². The second-order valence-electron chi connectivity index (χ2n) is 2.15. The minimum atomic E-state index is -1.34. The summed E-state index contributed by atoms with van der Waals surface area (Å²) in [5.41, 5.74) is -0.155. The van der Waals surface area contributed by atoms with Crippen molar-refractivity contribution in [3.05, 3.63) is 21.6 Å². The molecule has 12 heavy (non-hydrogen) atoms. The summed E-state index contributed by atoms with van der Waals surface area (Å²) in [6.45, 7) is 1.19. The molecule has 1 aromatic rings. The maximum absolute atomic E-state index is 12.9. The zero-order valence-electron chi connectivity index (χ0n) is 6.13. The first kappa shape index (κ1) is 8.86. The van der Waals surface area contributed by atoms with Gasteiger partial charge in [0.2, 0.25) is 0 Å². The van der Waals surface area contributed by atoms with Gasteiger partial charge in [-0.25, -0.2) is 9.18 Å². The highest BCUT2D eigenvalue weighted by atomic mass is 32.1. The molecule has 0 saturated heterocycles. The maximum Gasteiger partial charge on any atom is 0.348 e. The van der Waals surface area contributed by atoms with Gasteiger partial charge in [0, 0.05) is 5.38 Å². The molecule has 0 radical (unpaired) electrons. The van der Waals surface area contributed by atoms with Crippen LogP contribution in [-0.4, -0.2) is 16.9 Å². The molecule has 1 heterocycles. The second kappa shape index (κ2) is 3.02. The molecule has 0 aliphatic rings. The molecule has 1 rings (SSSR count). The number of halogens is 1. The average molecular weight is 188 g/mol. The fourth-order valence-corrected chi connectivity index (χ4v) is 1.54.